The van der Waals surface area contributed by atoms with Crippen molar-refractivity contribution in [1.82, 2.24) is 0 Å². The van der Waals surface area contributed by atoms with E-state index in [1.54, 1.807) is 12.1 Å². The molecule has 0 unspecified atom stereocenters. The van der Waals surface area contributed by atoms with E-state index in [1.165, 1.54) is 6.07 Å². The van der Waals surface area contributed by atoms with Crippen LogP contribution in [0.2, 0.25) is 0 Å². The Labute approximate surface area is 109 Å². The van der Waals surface area contributed by atoms with Crippen LogP contribution < -0.4 is 0 Å². The number of hydrogen-bond donors (Lipinski definition) is 1. The summed E-state index contributed by atoms with van der Waals surface area (Å²) >= 11 is 0. The molecule has 0 spiro atoms. The van der Waals surface area contributed by atoms with Crippen molar-refractivity contribution in [3.05, 3.63) is 54.6 Å². The topological polar surface area (TPSA) is 54.4 Å². The maximum absolute atomic E-state index is 11.3. The van der Waals surface area contributed by atoms with Gasteiger partial charge in [-0.15, -0.1) is 0 Å². The van der Waals surface area contributed by atoms with Crippen molar-refractivity contribution in [2.45, 2.75) is 4.90 Å². The third kappa shape index (κ3) is 2.30. The fourth-order valence-corrected chi connectivity index (χ4v) is 2.87. The van der Waals surface area contributed by atoms with Crippen LogP contribution in [0.15, 0.2) is 59.5 Å². The molecular weight excluding hydrogens is 267 g/mol. The third-order valence-electron chi connectivity index (χ3n) is 2.98. The van der Waals surface area contributed by atoms with Crippen molar-refractivity contribution in [1.29, 1.82) is 0 Å². The molecule has 0 aliphatic carbocycles. The summed E-state index contributed by atoms with van der Waals surface area (Å²) in [5.41, 5.74) is 0. The zero-order valence-corrected chi connectivity index (χ0v) is 10.6. The maximum Gasteiger partial charge on any atom is 0.295 e. The summed E-state index contributed by atoms with van der Waals surface area (Å²) < 4.78 is 31.9. The van der Waals surface area contributed by atoms with E-state index in [2.05, 4.69) is 0 Å². The van der Waals surface area contributed by atoms with Gasteiger partial charge in [-0.3, -0.25) is 9.26 Å². The van der Waals surface area contributed by atoms with E-state index in [-0.39, 0.29) is 9.60 Å². The molecule has 0 bridgehead atoms. The summed E-state index contributed by atoms with van der Waals surface area (Å²) in [4.78, 5) is -0.0502. The molecule has 3 aromatic rings. The quantitative estimate of drug-likeness (QED) is 0.548. The minimum absolute atomic E-state index is 0. The van der Waals surface area contributed by atoms with Crippen molar-refractivity contribution >= 4 is 31.7 Å². The average Bonchev–Trinajstić information content (AvgIpc) is 2.34. The summed E-state index contributed by atoms with van der Waals surface area (Å²) in [7, 11) is -4.20. The standard InChI is InChI=1S/C14H10O3S.FH/c15-18(16,17)14-7-3-6-12-8-10-4-1-2-5-11(10)9-13(12)14;/h1-9H,(H,15,16,17);1H. The summed E-state index contributed by atoms with van der Waals surface area (Å²) in [6.07, 6.45) is 0. The highest BCUT2D eigenvalue weighted by atomic mass is 32.2. The van der Waals surface area contributed by atoms with Gasteiger partial charge in [-0.25, -0.2) is 0 Å². The van der Waals surface area contributed by atoms with E-state index in [4.69, 9.17) is 0 Å². The zero-order chi connectivity index (χ0) is 12.8. The van der Waals surface area contributed by atoms with Crippen LogP contribution in [-0.4, -0.2) is 13.0 Å². The van der Waals surface area contributed by atoms with Gasteiger partial charge in [0.25, 0.3) is 10.1 Å². The molecule has 19 heavy (non-hydrogen) atoms. The van der Waals surface area contributed by atoms with Crippen LogP contribution in [0.1, 0.15) is 0 Å². The molecule has 0 fully saturated rings. The molecule has 0 saturated heterocycles. The summed E-state index contributed by atoms with van der Waals surface area (Å²) in [5, 5.41) is 3.32. The largest absolute Gasteiger partial charge is 0.295 e. The lowest BCUT2D eigenvalue weighted by atomic mass is 10.0. The minimum atomic E-state index is -4.20. The van der Waals surface area contributed by atoms with Crippen LogP contribution in [0.5, 0.6) is 0 Å². The lowest BCUT2D eigenvalue weighted by Gasteiger charge is -2.05. The smallest absolute Gasteiger partial charge is 0.282 e. The number of benzene rings is 3. The summed E-state index contributed by atoms with van der Waals surface area (Å²) in [5.74, 6) is 0. The monoisotopic (exact) mass is 278 g/mol. The van der Waals surface area contributed by atoms with Gasteiger partial charge in [-0.05, 0) is 34.4 Å². The number of fused-ring (bicyclic) bond motifs is 2. The Bertz CT molecular complexity index is 857. The minimum Gasteiger partial charge on any atom is -0.282 e. The van der Waals surface area contributed by atoms with E-state index in [0.717, 1.165) is 16.2 Å². The highest BCUT2D eigenvalue weighted by Gasteiger charge is 2.13. The maximum atomic E-state index is 11.3. The van der Waals surface area contributed by atoms with E-state index in [9.17, 15) is 13.0 Å². The SMILES string of the molecule is F.O=S(=O)(O)c1cccc2cc3ccccc3cc12. The Balaban J connectivity index is 0.00000133. The van der Waals surface area contributed by atoms with Gasteiger partial charge in [0, 0.05) is 5.39 Å². The highest BCUT2D eigenvalue weighted by Crippen LogP contribution is 2.27. The molecule has 0 amide bonds. The Morgan fingerprint density at radius 3 is 2.00 bits per heavy atom. The Kier molecular flexibility index (Phi) is 3.26. The Hall–Kier alpha value is -1.98. The van der Waals surface area contributed by atoms with Crippen LogP contribution in [0, 0.1) is 0 Å². The molecular formula is C14H11FO3S. The fraction of sp³-hybridized carbons (Fsp3) is 0. The van der Waals surface area contributed by atoms with Crippen LogP contribution >= 0.6 is 0 Å². The zero-order valence-electron chi connectivity index (χ0n) is 9.78. The van der Waals surface area contributed by atoms with E-state index in [0.29, 0.717) is 5.39 Å². The van der Waals surface area contributed by atoms with Gasteiger partial charge in [-0.1, -0.05) is 36.4 Å². The van der Waals surface area contributed by atoms with Crippen molar-refractivity contribution < 1.29 is 17.7 Å². The van der Waals surface area contributed by atoms with Gasteiger partial charge in [0.1, 0.15) is 4.90 Å². The fourth-order valence-electron chi connectivity index (χ4n) is 2.16. The Morgan fingerprint density at radius 2 is 1.37 bits per heavy atom. The van der Waals surface area contributed by atoms with Crippen molar-refractivity contribution in [2.24, 2.45) is 0 Å². The second-order valence-electron chi connectivity index (χ2n) is 4.15. The lowest BCUT2D eigenvalue weighted by Crippen LogP contribution is -1.98. The van der Waals surface area contributed by atoms with Gasteiger partial charge >= 0.3 is 0 Å². The first-order valence-electron chi connectivity index (χ1n) is 5.45. The molecule has 0 saturated carbocycles. The van der Waals surface area contributed by atoms with Crippen LogP contribution in [0.3, 0.4) is 0 Å². The second-order valence-corrected chi connectivity index (χ2v) is 5.54. The average molecular weight is 278 g/mol. The van der Waals surface area contributed by atoms with Gasteiger partial charge < -0.3 is 0 Å². The highest BCUT2D eigenvalue weighted by molar-refractivity contribution is 7.86. The molecule has 0 atom stereocenters. The normalized spacial score (nSPS) is 11.4. The molecule has 0 heterocycles. The summed E-state index contributed by atoms with van der Waals surface area (Å²) in [6.45, 7) is 0. The van der Waals surface area contributed by atoms with Gasteiger partial charge in [-0.2, -0.15) is 8.42 Å². The van der Waals surface area contributed by atoms with Crippen molar-refractivity contribution in [3.63, 3.8) is 0 Å². The molecule has 3 nitrogen and oxygen atoms in total. The van der Waals surface area contributed by atoms with E-state index in [1.807, 2.05) is 36.4 Å². The van der Waals surface area contributed by atoms with Gasteiger partial charge in [0.15, 0.2) is 0 Å². The number of rotatable bonds is 1. The molecule has 3 aromatic carbocycles. The van der Waals surface area contributed by atoms with Crippen LogP contribution in [0.4, 0.5) is 4.70 Å². The van der Waals surface area contributed by atoms with Crippen molar-refractivity contribution in [2.75, 3.05) is 0 Å². The first-order chi connectivity index (χ1) is 8.55. The van der Waals surface area contributed by atoms with Gasteiger partial charge in [0.2, 0.25) is 0 Å². The predicted molar refractivity (Wildman–Crippen MR) is 73.8 cm³/mol. The first kappa shape index (κ1) is 13.5. The predicted octanol–water partition coefficient (Wildman–Crippen LogP) is 3.39. The van der Waals surface area contributed by atoms with E-state index < -0.39 is 10.1 Å². The van der Waals surface area contributed by atoms with Crippen LogP contribution in [0.25, 0.3) is 21.5 Å². The molecule has 0 aromatic heterocycles. The number of hydrogen-bond acceptors (Lipinski definition) is 2. The third-order valence-corrected chi connectivity index (χ3v) is 3.90. The molecule has 3 rings (SSSR count). The molecule has 0 aliphatic rings. The molecule has 98 valence electrons. The first-order valence-corrected chi connectivity index (χ1v) is 6.89. The summed E-state index contributed by atoms with van der Waals surface area (Å²) in [6, 6.07) is 16.3. The van der Waals surface area contributed by atoms with Gasteiger partial charge in [0.05, 0.1) is 0 Å². The molecule has 1 N–H and O–H groups in total. The van der Waals surface area contributed by atoms with Crippen LogP contribution in [-0.2, 0) is 10.1 Å². The Morgan fingerprint density at radius 1 is 0.789 bits per heavy atom. The number of halogens is 1. The molecule has 0 radical (unpaired) electrons. The molecule has 0 aliphatic heterocycles. The lowest BCUT2D eigenvalue weighted by molar-refractivity contribution is 0.484. The molecule has 5 heteroatoms. The van der Waals surface area contributed by atoms with Crippen molar-refractivity contribution in [3.8, 4) is 0 Å². The second kappa shape index (κ2) is 4.60. The van der Waals surface area contributed by atoms with E-state index >= 15 is 0 Å².